The van der Waals surface area contributed by atoms with Gasteiger partial charge < -0.3 is 9.72 Å². The SMILES string of the molecule is COc1ccc2[nH]c(C(=O)c3ccccc3[N+](=O)[O-])cc2c1. The van der Waals surface area contributed by atoms with Crippen LogP contribution in [-0.2, 0) is 0 Å². The van der Waals surface area contributed by atoms with Gasteiger partial charge in [-0.05, 0) is 30.3 Å². The maximum Gasteiger partial charge on any atom is 0.280 e. The molecule has 0 atom stereocenters. The second-order valence-corrected chi connectivity index (χ2v) is 4.74. The summed E-state index contributed by atoms with van der Waals surface area (Å²) in [6.07, 6.45) is 0. The van der Waals surface area contributed by atoms with Crippen LogP contribution in [-0.4, -0.2) is 22.8 Å². The first-order valence-corrected chi connectivity index (χ1v) is 6.55. The zero-order chi connectivity index (χ0) is 15.7. The highest BCUT2D eigenvalue weighted by Crippen LogP contribution is 2.25. The number of nitrogens with zero attached hydrogens (tertiary/aromatic N) is 1. The lowest BCUT2D eigenvalue weighted by Gasteiger charge is -1.99. The monoisotopic (exact) mass is 296 g/mol. The molecule has 0 radical (unpaired) electrons. The van der Waals surface area contributed by atoms with Crippen molar-refractivity contribution in [1.82, 2.24) is 4.98 Å². The Hall–Kier alpha value is -3.15. The lowest BCUT2D eigenvalue weighted by Crippen LogP contribution is -2.05. The summed E-state index contributed by atoms with van der Waals surface area (Å²) < 4.78 is 5.14. The zero-order valence-corrected chi connectivity index (χ0v) is 11.7. The second kappa shape index (κ2) is 5.33. The number of methoxy groups -OCH3 is 1. The predicted octanol–water partition coefficient (Wildman–Crippen LogP) is 3.32. The first-order chi connectivity index (χ1) is 10.6. The number of ether oxygens (including phenoxy) is 1. The van der Waals surface area contributed by atoms with E-state index in [0.29, 0.717) is 11.4 Å². The minimum Gasteiger partial charge on any atom is -0.497 e. The van der Waals surface area contributed by atoms with Crippen molar-refractivity contribution in [3.63, 3.8) is 0 Å². The Morgan fingerprint density at radius 1 is 1.18 bits per heavy atom. The van der Waals surface area contributed by atoms with Gasteiger partial charge in [0.15, 0.2) is 0 Å². The number of benzene rings is 2. The number of H-pyrrole nitrogens is 1. The van der Waals surface area contributed by atoms with E-state index >= 15 is 0 Å². The Bertz CT molecular complexity index is 883. The number of aromatic nitrogens is 1. The molecule has 1 N–H and O–H groups in total. The quantitative estimate of drug-likeness (QED) is 0.454. The topological polar surface area (TPSA) is 85.2 Å². The summed E-state index contributed by atoms with van der Waals surface area (Å²) in [5.41, 5.74) is 0.926. The Kier molecular flexibility index (Phi) is 3.34. The van der Waals surface area contributed by atoms with E-state index in [9.17, 15) is 14.9 Å². The molecule has 6 heteroatoms. The minimum absolute atomic E-state index is 0.0611. The third-order valence-electron chi connectivity index (χ3n) is 3.42. The number of carbonyl (C=O) groups is 1. The van der Waals surface area contributed by atoms with Crippen LogP contribution < -0.4 is 4.74 Å². The first-order valence-electron chi connectivity index (χ1n) is 6.55. The fourth-order valence-corrected chi connectivity index (χ4v) is 2.33. The average molecular weight is 296 g/mol. The molecule has 3 aromatic rings. The molecule has 0 saturated heterocycles. The van der Waals surface area contributed by atoms with Gasteiger partial charge in [-0.15, -0.1) is 0 Å². The van der Waals surface area contributed by atoms with Crippen LogP contribution in [0.2, 0.25) is 0 Å². The van der Waals surface area contributed by atoms with E-state index < -0.39 is 10.7 Å². The fourth-order valence-electron chi connectivity index (χ4n) is 2.33. The number of ketones is 1. The molecule has 0 saturated carbocycles. The number of fused-ring (bicyclic) bond motifs is 1. The number of carbonyl (C=O) groups excluding carboxylic acids is 1. The molecule has 0 aliphatic carbocycles. The van der Waals surface area contributed by atoms with E-state index in [2.05, 4.69) is 4.98 Å². The number of hydrogen-bond acceptors (Lipinski definition) is 4. The van der Waals surface area contributed by atoms with Crippen molar-refractivity contribution < 1.29 is 14.5 Å². The summed E-state index contributed by atoms with van der Waals surface area (Å²) >= 11 is 0. The van der Waals surface area contributed by atoms with Gasteiger partial charge >= 0.3 is 0 Å². The number of nitro benzene ring substituents is 1. The molecule has 2 aromatic carbocycles. The highest BCUT2D eigenvalue weighted by Gasteiger charge is 2.21. The summed E-state index contributed by atoms with van der Waals surface area (Å²) in [7, 11) is 1.56. The largest absolute Gasteiger partial charge is 0.497 e. The highest BCUT2D eigenvalue weighted by molar-refractivity contribution is 6.12. The summed E-state index contributed by atoms with van der Waals surface area (Å²) in [6.45, 7) is 0. The molecule has 3 rings (SSSR count). The fraction of sp³-hybridized carbons (Fsp3) is 0.0625. The van der Waals surface area contributed by atoms with Crippen LogP contribution >= 0.6 is 0 Å². The van der Waals surface area contributed by atoms with Crippen molar-refractivity contribution in [3.05, 3.63) is 69.9 Å². The van der Waals surface area contributed by atoms with Crippen molar-refractivity contribution in [3.8, 4) is 5.75 Å². The maximum atomic E-state index is 12.5. The maximum absolute atomic E-state index is 12.5. The normalized spacial score (nSPS) is 10.6. The van der Waals surface area contributed by atoms with Crippen molar-refractivity contribution in [2.45, 2.75) is 0 Å². The molecule has 110 valence electrons. The molecular formula is C16H12N2O4. The van der Waals surface area contributed by atoms with Gasteiger partial charge in [-0.3, -0.25) is 14.9 Å². The van der Waals surface area contributed by atoms with Crippen LogP contribution in [0, 0.1) is 10.1 Å². The lowest BCUT2D eigenvalue weighted by molar-refractivity contribution is -0.385. The molecule has 1 heterocycles. The first kappa shape index (κ1) is 13.8. The van der Waals surface area contributed by atoms with Crippen molar-refractivity contribution in [1.29, 1.82) is 0 Å². The molecule has 0 fully saturated rings. The molecule has 0 aliphatic heterocycles. The molecule has 0 aliphatic rings. The van der Waals surface area contributed by atoms with E-state index in [1.165, 1.54) is 18.2 Å². The Labute approximate surface area is 125 Å². The van der Waals surface area contributed by atoms with Crippen LogP contribution in [0.3, 0.4) is 0 Å². The van der Waals surface area contributed by atoms with Crippen molar-refractivity contribution in [2.75, 3.05) is 7.11 Å². The van der Waals surface area contributed by atoms with Gasteiger partial charge in [0.2, 0.25) is 5.78 Å². The molecule has 6 nitrogen and oxygen atoms in total. The summed E-state index contributed by atoms with van der Waals surface area (Å²) in [6, 6.07) is 12.9. The van der Waals surface area contributed by atoms with E-state index in [4.69, 9.17) is 4.74 Å². The van der Waals surface area contributed by atoms with Gasteiger partial charge in [0, 0.05) is 17.0 Å². The van der Waals surface area contributed by atoms with Crippen LogP contribution in [0.1, 0.15) is 16.1 Å². The number of rotatable bonds is 4. The molecule has 0 amide bonds. The van der Waals surface area contributed by atoms with Gasteiger partial charge in [0.1, 0.15) is 11.3 Å². The smallest absolute Gasteiger partial charge is 0.280 e. The Morgan fingerprint density at radius 3 is 2.68 bits per heavy atom. The van der Waals surface area contributed by atoms with Gasteiger partial charge in [-0.25, -0.2) is 0 Å². The lowest BCUT2D eigenvalue weighted by atomic mass is 10.1. The molecule has 0 unspecified atom stereocenters. The van der Waals surface area contributed by atoms with E-state index in [0.717, 1.165) is 10.9 Å². The molecule has 0 bridgehead atoms. The average Bonchev–Trinajstić information content (AvgIpc) is 2.96. The van der Waals surface area contributed by atoms with Crippen LogP contribution in [0.4, 0.5) is 5.69 Å². The molecular weight excluding hydrogens is 284 g/mol. The van der Waals surface area contributed by atoms with Gasteiger partial charge in [-0.2, -0.15) is 0 Å². The number of aromatic amines is 1. The third-order valence-corrected chi connectivity index (χ3v) is 3.42. The van der Waals surface area contributed by atoms with E-state index in [1.807, 2.05) is 0 Å². The number of nitrogens with one attached hydrogen (secondary N) is 1. The second-order valence-electron chi connectivity index (χ2n) is 4.74. The van der Waals surface area contributed by atoms with Crippen molar-refractivity contribution in [2.24, 2.45) is 0 Å². The Morgan fingerprint density at radius 2 is 1.95 bits per heavy atom. The molecule has 0 spiro atoms. The summed E-state index contributed by atoms with van der Waals surface area (Å²) in [5, 5.41) is 11.8. The summed E-state index contributed by atoms with van der Waals surface area (Å²) in [5.74, 6) is 0.263. The van der Waals surface area contributed by atoms with Gasteiger partial charge in [-0.1, -0.05) is 12.1 Å². The minimum atomic E-state index is -0.557. The highest BCUT2D eigenvalue weighted by atomic mass is 16.6. The van der Waals surface area contributed by atoms with Crippen LogP contribution in [0.15, 0.2) is 48.5 Å². The van der Waals surface area contributed by atoms with E-state index in [-0.39, 0.29) is 11.3 Å². The standard InChI is InChI=1S/C16H12N2O4/c1-22-11-6-7-13-10(8-11)9-14(17-13)16(19)12-4-2-3-5-15(12)18(20)21/h2-9,17H,1H3. The van der Waals surface area contributed by atoms with Gasteiger partial charge in [0.05, 0.1) is 17.7 Å². The zero-order valence-electron chi connectivity index (χ0n) is 11.7. The van der Waals surface area contributed by atoms with Crippen LogP contribution in [0.5, 0.6) is 5.75 Å². The van der Waals surface area contributed by atoms with Crippen molar-refractivity contribution >= 4 is 22.4 Å². The summed E-state index contributed by atoms with van der Waals surface area (Å²) in [4.78, 5) is 26.0. The number of nitro groups is 1. The molecule has 1 aromatic heterocycles. The third kappa shape index (κ3) is 2.31. The van der Waals surface area contributed by atoms with Gasteiger partial charge in [0.25, 0.3) is 5.69 Å². The Balaban J connectivity index is 2.08. The number of para-hydroxylation sites is 1. The molecule has 22 heavy (non-hydrogen) atoms. The van der Waals surface area contributed by atoms with Crippen LogP contribution in [0.25, 0.3) is 10.9 Å². The predicted molar refractivity (Wildman–Crippen MR) is 81.4 cm³/mol. The van der Waals surface area contributed by atoms with E-state index in [1.54, 1.807) is 37.4 Å². The number of hydrogen-bond donors (Lipinski definition) is 1.